The second-order valence-electron chi connectivity index (χ2n) is 7.81. The van der Waals surface area contributed by atoms with Crippen LogP contribution in [0.3, 0.4) is 0 Å². The van der Waals surface area contributed by atoms with Crippen molar-refractivity contribution in [3.8, 4) is 6.07 Å². The van der Waals surface area contributed by atoms with Crippen LogP contribution in [0.25, 0.3) is 0 Å². The fraction of sp³-hybridized carbons (Fsp3) is 0.450. The summed E-state index contributed by atoms with van der Waals surface area (Å²) in [6, 6.07) is 7.47. The van der Waals surface area contributed by atoms with Gasteiger partial charge in [0.2, 0.25) is 0 Å². The van der Waals surface area contributed by atoms with E-state index in [2.05, 4.69) is 10.6 Å². The van der Waals surface area contributed by atoms with E-state index in [-0.39, 0.29) is 29.1 Å². The van der Waals surface area contributed by atoms with Gasteiger partial charge in [-0.05, 0) is 39.7 Å². The first-order valence-electron chi connectivity index (χ1n) is 9.49. The number of rotatable bonds is 5. The number of likely N-dealkylation sites (tertiary alicyclic amines) is 1. The van der Waals surface area contributed by atoms with Crippen molar-refractivity contribution in [3.05, 3.63) is 46.2 Å². The number of carbonyl (C=O) groups excluding carboxylic acids is 2. The molecular weight excluding hydrogens is 390 g/mol. The molecule has 0 saturated carbocycles. The smallest absolute Gasteiger partial charge is 0.410 e. The number of nitrogens with zero attached hydrogens (tertiary/aromatic N) is 3. The van der Waals surface area contributed by atoms with E-state index in [1.807, 2.05) is 20.8 Å². The molecule has 160 valence electrons. The molecule has 1 aromatic rings. The maximum atomic E-state index is 12.3. The van der Waals surface area contributed by atoms with Gasteiger partial charge in [0.05, 0.1) is 4.92 Å². The second-order valence-corrected chi connectivity index (χ2v) is 7.81. The minimum atomic E-state index is -0.745. The van der Waals surface area contributed by atoms with Crippen LogP contribution in [0.5, 0.6) is 0 Å². The zero-order valence-corrected chi connectivity index (χ0v) is 17.2. The fourth-order valence-corrected chi connectivity index (χ4v) is 2.83. The third-order valence-electron chi connectivity index (χ3n) is 4.32. The van der Waals surface area contributed by atoms with Crippen LogP contribution < -0.4 is 10.6 Å². The van der Waals surface area contributed by atoms with Crippen molar-refractivity contribution >= 4 is 23.4 Å². The van der Waals surface area contributed by atoms with E-state index in [1.165, 1.54) is 24.4 Å². The standard InChI is InChI=1S/C20H25N5O5/c1-20(2,3)30-19(27)24-10-8-15(9-11-24)22-13-14(12-21)18(26)23-16-6-4-5-7-17(16)25(28)29/h4-7,13,15,22H,8-11H2,1-3H3,(H,23,26)/b14-13-. The number of piperidine rings is 1. The van der Waals surface area contributed by atoms with E-state index in [0.29, 0.717) is 25.9 Å². The third kappa shape index (κ3) is 6.48. The van der Waals surface area contributed by atoms with Crippen LogP contribution in [0.1, 0.15) is 33.6 Å². The number of nitro groups is 1. The van der Waals surface area contributed by atoms with E-state index in [1.54, 1.807) is 17.0 Å². The summed E-state index contributed by atoms with van der Waals surface area (Å²) in [4.78, 5) is 36.5. The lowest BCUT2D eigenvalue weighted by molar-refractivity contribution is -0.383. The van der Waals surface area contributed by atoms with Crippen LogP contribution in [0.4, 0.5) is 16.2 Å². The summed E-state index contributed by atoms with van der Waals surface area (Å²) in [5.74, 6) is -0.745. The number of benzene rings is 1. The van der Waals surface area contributed by atoms with Crippen molar-refractivity contribution in [2.45, 2.75) is 45.3 Å². The van der Waals surface area contributed by atoms with Crippen molar-refractivity contribution in [3.63, 3.8) is 0 Å². The molecule has 1 aliphatic rings. The van der Waals surface area contributed by atoms with Gasteiger partial charge in [-0.2, -0.15) is 5.26 Å². The van der Waals surface area contributed by atoms with Gasteiger partial charge in [0, 0.05) is 31.4 Å². The van der Waals surface area contributed by atoms with Crippen LogP contribution >= 0.6 is 0 Å². The van der Waals surface area contributed by atoms with Gasteiger partial charge < -0.3 is 20.3 Å². The molecule has 0 atom stereocenters. The molecule has 1 heterocycles. The number of ether oxygens (including phenoxy) is 1. The SMILES string of the molecule is CC(C)(C)OC(=O)N1CCC(N/C=C(/C#N)C(=O)Nc2ccccc2[N+](=O)[O-])CC1. The number of amides is 2. The van der Waals surface area contributed by atoms with Gasteiger partial charge in [0.15, 0.2) is 0 Å². The summed E-state index contributed by atoms with van der Waals surface area (Å²) in [5, 5.41) is 25.8. The van der Waals surface area contributed by atoms with E-state index >= 15 is 0 Å². The van der Waals surface area contributed by atoms with E-state index in [0.717, 1.165) is 0 Å². The third-order valence-corrected chi connectivity index (χ3v) is 4.32. The summed E-state index contributed by atoms with van der Waals surface area (Å²) in [7, 11) is 0. The number of nitriles is 1. The van der Waals surface area contributed by atoms with Crippen LogP contribution in [0.15, 0.2) is 36.0 Å². The molecule has 0 radical (unpaired) electrons. The van der Waals surface area contributed by atoms with Gasteiger partial charge in [0.1, 0.15) is 22.9 Å². The zero-order valence-electron chi connectivity index (χ0n) is 17.2. The molecule has 1 aromatic carbocycles. The topological polar surface area (TPSA) is 138 Å². The van der Waals surface area contributed by atoms with E-state index < -0.39 is 16.4 Å². The van der Waals surface area contributed by atoms with Crippen molar-refractivity contribution < 1.29 is 19.2 Å². The predicted molar refractivity (Wildman–Crippen MR) is 109 cm³/mol. The first-order valence-corrected chi connectivity index (χ1v) is 9.49. The quantitative estimate of drug-likeness (QED) is 0.326. The highest BCUT2D eigenvalue weighted by molar-refractivity contribution is 6.07. The lowest BCUT2D eigenvalue weighted by Crippen LogP contribution is -2.45. The lowest BCUT2D eigenvalue weighted by atomic mass is 10.1. The molecule has 1 saturated heterocycles. The molecular formula is C20H25N5O5. The molecule has 2 rings (SSSR count). The minimum Gasteiger partial charge on any atom is -0.444 e. The van der Waals surface area contributed by atoms with Gasteiger partial charge in [-0.25, -0.2) is 4.79 Å². The lowest BCUT2D eigenvalue weighted by Gasteiger charge is -2.33. The maximum Gasteiger partial charge on any atom is 0.410 e. The number of carbonyl (C=O) groups is 2. The number of para-hydroxylation sites is 2. The Morgan fingerprint density at radius 3 is 2.50 bits per heavy atom. The van der Waals surface area contributed by atoms with Gasteiger partial charge in [-0.1, -0.05) is 12.1 Å². The Kier molecular flexibility index (Phi) is 7.36. The molecule has 0 aliphatic carbocycles. The summed E-state index contributed by atoms with van der Waals surface area (Å²) >= 11 is 0. The maximum absolute atomic E-state index is 12.3. The molecule has 0 bridgehead atoms. The Labute approximate surface area is 174 Å². The van der Waals surface area contributed by atoms with Crippen molar-refractivity contribution in [1.82, 2.24) is 10.2 Å². The number of nitro benzene ring substituents is 1. The molecule has 10 nitrogen and oxygen atoms in total. The van der Waals surface area contributed by atoms with Crippen molar-refractivity contribution in [2.24, 2.45) is 0 Å². The molecule has 2 N–H and O–H groups in total. The normalized spacial score (nSPS) is 15.1. The summed E-state index contributed by atoms with van der Waals surface area (Å²) < 4.78 is 5.35. The Morgan fingerprint density at radius 2 is 1.93 bits per heavy atom. The van der Waals surface area contributed by atoms with E-state index in [9.17, 15) is 25.0 Å². The average Bonchev–Trinajstić information content (AvgIpc) is 2.68. The van der Waals surface area contributed by atoms with Crippen LogP contribution in [0, 0.1) is 21.4 Å². The minimum absolute atomic E-state index is 0.0133. The Hall–Kier alpha value is -3.61. The van der Waals surface area contributed by atoms with Gasteiger partial charge >= 0.3 is 6.09 Å². The van der Waals surface area contributed by atoms with Gasteiger partial charge in [-0.15, -0.1) is 0 Å². The molecule has 1 aliphatic heterocycles. The number of hydrogen-bond acceptors (Lipinski definition) is 7. The number of nitrogens with one attached hydrogen (secondary N) is 2. The Morgan fingerprint density at radius 1 is 1.30 bits per heavy atom. The zero-order chi connectivity index (χ0) is 22.3. The first kappa shape index (κ1) is 22.7. The monoisotopic (exact) mass is 415 g/mol. The highest BCUT2D eigenvalue weighted by Gasteiger charge is 2.26. The molecule has 2 amide bonds. The number of anilines is 1. The molecule has 1 fully saturated rings. The van der Waals surface area contributed by atoms with Gasteiger partial charge in [0.25, 0.3) is 11.6 Å². The first-order chi connectivity index (χ1) is 14.1. The van der Waals surface area contributed by atoms with Crippen LogP contribution in [0.2, 0.25) is 0 Å². The average molecular weight is 415 g/mol. The highest BCUT2D eigenvalue weighted by Crippen LogP contribution is 2.23. The largest absolute Gasteiger partial charge is 0.444 e. The van der Waals surface area contributed by atoms with Crippen LogP contribution in [-0.2, 0) is 9.53 Å². The summed E-state index contributed by atoms with van der Waals surface area (Å²) in [6.45, 7) is 6.41. The van der Waals surface area contributed by atoms with Gasteiger partial charge in [-0.3, -0.25) is 14.9 Å². The number of hydrogen-bond donors (Lipinski definition) is 2. The van der Waals surface area contributed by atoms with Crippen molar-refractivity contribution in [1.29, 1.82) is 5.26 Å². The molecule has 0 unspecified atom stereocenters. The Bertz CT molecular complexity index is 876. The Balaban J connectivity index is 1.92. The predicted octanol–water partition coefficient (Wildman–Crippen LogP) is 2.93. The molecule has 0 spiro atoms. The summed E-state index contributed by atoms with van der Waals surface area (Å²) in [5.41, 5.74) is -1.01. The fourth-order valence-electron chi connectivity index (χ4n) is 2.83. The highest BCUT2D eigenvalue weighted by atomic mass is 16.6. The molecule has 30 heavy (non-hydrogen) atoms. The van der Waals surface area contributed by atoms with Crippen LogP contribution in [-0.4, -0.2) is 46.6 Å². The van der Waals surface area contributed by atoms with E-state index in [4.69, 9.17) is 4.74 Å². The molecule has 0 aromatic heterocycles. The summed E-state index contributed by atoms with van der Waals surface area (Å²) in [6.07, 6.45) is 2.19. The molecule has 10 heteroatoms. The second kappa shape index (κ2) is 9.73. The van der Waals surface area contributed by atoms with Crippen molar-refractivity contribution in [2.75, 3.05) is 18.4 Å².